The average molecular weight is 490 g/mol. The first-order chi connectivity index (χ1) is 9.69. The first-order valence-corrected chi connectivity index (χ1v) is 10.7. The monoisotopic (exact) mass is 490 g/mol. The summed E-state index contributed by atoms with van der Waals surface area (Å²) in [7, 11) is 0. The van der Waals surface area contributed by atoms with Crippen molar-refractivity contribution in [3.05, 3.63) is 0 Å². The molecule has 1 aliphatic carbocycles. The van der Waals surface area contributed by atoms with Crippen molar-refractivity contribution < 1.29 is 19.4 Å². The number of hydrogen-bond donors (Lipinski definition) is 0. The van der Waals surface area contributed by atoms with Crippen molar-refractivity contribution in [1.82, 2.24) is 0 Å². The van der Waals surface area contributed by atoms with E-state index in [9.17, 15) is 0 Å². The summed E-state index contributed by atoms with van der Waals surface area (Å²) in [5.74, 6) is 0. The molecular formula is C22H42W. The molecule has 0 bridgehead atoms. The van der Waals surface area contributed by atoms with Crippen molar-refractivity contribution in [1.29, 1.82) is 0 Å². The van der Waals surface area contributed by atoms with Crippen LogP contribution in [0.15, 0.2) is 0 Å². The third-order valence-electron chi connectivity index (χ3n) is 10.9. The van der Waals surface area contributed by atoms with E-state index in [0.29, 0.717) is 0 Å². The molecule has 136 valence electrons. The minimum absolute atomic E-state index is 0.196. The summed E-state index contributed by atoms with van der Waals surface area (Å²) in [6.45, 7) is 35.3. The van der Waals surface area contributed by atoms with E-state index >= 15 is 0 Å². The molecule has 0 unspecified atom stereocenters. The second-order valence-electron chi connectivity index (χ2n) is 11.4. The van der Waals surface area contributed by atoms with Gasteiger partial charge < -0.3 is 0 Å². The van der Waals surface area contributed by atoms with Gasteiger partial charge in [-0.2, -0.15) is 0 Å². The summed E-state index contributed by atoms with van der Waals surface area (Å²) >= 11 is 1.64. The van der Waals surface area contributed by atoms with Crippen LogP contribution in [0.4, 0.5) is 0 Å². The maximum atomic E-state index is 2.60. The molecule has 0 heterocycles. The van der Waals surface area contributed by atoms with Gasteiger partial charge >= 0.3 is 158 Å². The van der Waals surface area contributed by atoms with Gasteiger partial charge in [-0.25, -0.2) is 0 Å². The van der Waals surface area contributed by atoms with E-state index in [-0.39, 0.29) is 37.9 Å². The average Bonchev–Trinajstić information content (AvgIpc) is 2.34. The van der Waals surface area contributed by atoms with Crippen LogP contribution >= 0.6 is 0 Å². The Labute approximate surface area is 158 Å². The quantitative estimate of drug-likeness (QED) is 0.395. The van der Waals surface area contributed by atoms with Gasteiger partial charge in [-0.05, 0) is 0 Å². The van der Waals surface area contributed by atoms with Gasteiger partial charge in [-0.15, -0.1) is 0 Å². The number of hydrogen-bond acceptors (Lipinski definition) is 0. The summed E-state index contributed by atoms with van der Waals surface area (Å²) in [6.07, 6.45) is 0. The Hall–Kier alpha value is 0.558. The van der Waals surface area contributed by atoms with Crippen LogP contribution in [0.2, 0.25) is 0 Å². The predicted molar refractivity (Wildman–Crippen MR) is 101 cm³/mol. The van der Waals surface area contributed by atoms with Crippen LogP contribution < -0.4 is 0 Å². The van der Waals surface area contributed by atoms with Gasteiger partial charge in [0.05, 0.1) is 0 Å². The van der Waals surface area contributed by atoms with Crippen LogP contribution in [0.5, 0.6) is 0 Å². The molecule has 1 rings (SSSR count). The molecule has 0 aliphatic heterocycles. The Bertz CT molecular complexity index is 482. The number of rotatable bonds is 2. The topological polar surface area (TPSA) is 0 Å². The van der Waals surface area contributed by atoms with E-state index in [4.69, 9.17) is 0 Å². The first kappa shape index (κ1) is 21.6. The van der Waals surface area contributed by atoms with Gasteiger partial charge in [0, 0.05) is 0 Å². The van der Waals surface area contributed by atoms with Crippen LogP contribution in [0.1, 0.15) is 96.9 Å². The van der Waals surface area contributed by atoms with Crippen molar-refractivity contribution in [3.63, 3.8) is 0 Å². The Morgan fingerprint density at radius 1 is 0.565 bits per heavy atom. The molecule has 0 spiro atoms. The van der Waals surface area contributed by atoms with Crippen LogP contribution in [0, 0.1) is 37.9 Å². The Morgan fingerprint density at radius 2 is 0.783 bits per heavy atom. The van der Waals surface area contributed by atoms with Crippen LogP contribution in [-0.2, 0) is 19.4 Å². The van der Waals surface area contributed by atoms with E-state index in [0.717, 1.165) is 0 Å². The van der Waals surface area contributed by atoms with Gasteiger partial charge in [0.2, 0.25) is 0 Å². The van der Waals surface area contributed by atoms with Gasteiger partial charge in [-0.1, -0.05) is 0 Å². The Morgan fingerprint density at radius 3 is 1.00 bits per heavy atom. The fraction of sp³-hybridized carbons (Fsp3) is 0.955. The summed E-state index contributed by atoms with van der Waals surface area (Å²) in [6, 6.07) is 0. The SMILES string of the molecule is C[C](=[W])C(C)(C)C1(C)C(C)(C)C(C)(C)C(C)(C)C(C)(C)C1(C)C. The second-order valence-corrected chi connectivity index (χ2v) is 13.6. The summed E-state index contributed by atoms with van der Waals surface area (Å²) in [4.78, 5) is 0. The molecular weight excluding hydrogens is 448 g/mol. The zero-order valence-electron chi connectivity index (χ0n) is 18.4. The fourth-order valence-electron chi connectivity index (χ4n) is 6.29. The van der Waals surface area contributed by atoms with Gasteiger partial charge in [0.15, 0.2) is 0 Å². The summed E-state index contributed by atoms with van der Waals surface area (Å²) in [5, 5.41) is 0. The Balaban J connectivity index is 4.02. The normalized spacial score (nSPS) is 29.8. The fourth-order valence-corrected chi connectivity index (χ4v) is 7.02. The van der Waals surface area contributed by atoms with E-state index in [1.165, 1.54) is 0 Å². The summed E-state index contributed by atoms with van der Waals surface area (Å²) in [5.41, 5.74) is 1.54. The molecule has 1 fully saturated rings. The van der Waals surface area contributed by atoms with Crippen molar-refractivity contribution >= 4 is 3.90 Å². The molecule has 0 atom stereocenters. The van der Waals surface area contributed by atoms with Gasteiger partial charge in [0.1, 0.15) is 0 Å². The van der Waals surface area contributed by atoms with Crippen LogP contribution in [0.3, 0.4) is 0 Å². The van der Waals surface area contributed by atoms with E-state index in [1.54, 1.807) is 23.3 Å². The van der Waals surface area contributed by atoms with E-state index < -0.39 is 0 Å². The van der Waals surface area contributed by atoms with Crippen molar-refractivity contribution in [3.8, 4) is 0 Å². The maximum absolute atomic E-state index is 2.60. The Kier molecular flexibility index (Phi) is 4.74. The zero-order valence-corrected chi connectivity index (χ0v) is 21.3. The molecule has 0 aromatic carbocycles. The molecule has 0 N–H and O–H groups in total. The van der Waals surface area contributed by atoms with E-state index in [1.807, 2.05) is 0 Å². The molecule has 0 saturated heterocycles. The molecule has 1 heteroatoms. The van der Waals surface area contributed by atoms with Crippen molar-refractivity contribution in [2.24, 2.45) is 37.9 Å². The van der Waals surface area contributed by atoms with Crippen LogP contribution in [0.25, 0.3) is 0 Å². The zero-order chi connectivity index (χ0) is 19.1. The molecule has 0 amide bonds. The third-order valence-corrected chi connectivity index (χ3v) is 12.7. The molecule has 1 saturated carbocycles. The van der Waals surface area contributed by atoms with Gasteiger partial charge in [0.25, 0.3) is 0 Å². The summed E-state index contributed by atoms with van der Waals surface area (Å²) < 4.78 is 1.63. The van der Waals surface area contributed by atoms with E-state index in [2.05, 4.69) is 96.9 Å². The van der Waals surface area contributed by atoms with Crippen LogP contribution in [-0.4, -0.2) is 3.90 Å². The molecule has 0 aromatic heterocycles. The molecule has 1 aliphatic rings. The van der Waals surface area contributed by atoms with Gasteiger partial charge in [-0.3, -0.25) is 0 Å². The third kappa shape index (κ3) is 1.97. The second kappa shape index (κ2) is 5.05. The molecule has 0 aromatic rings. The standard InChI is InChI=1S/C22H42.W/c1-15-16(2,3)22(14)20(10,11)18(6,7)17(4,5)19(8,9)21(22,12)13;/h1-14H3;. The minimum atomic E-state index is 0.196. The molecule has 0 radical (unpaired) electrons. The first-order valence-electron chi connectivity index (χ1n) is 9.20. The van der Waals surface area contributed by atoms with Crippen molar-refractivity contribution in [2.45, 2.75) is 96.9 Å². The van der Waals surface area contributed by atoms with Crippen molar-refractivity contribution in [2.75, 3.05) is 0 Å². The molecule has 0 nitrogen and oxygen atoms in total. The predicted octanol–water partition coefficient (Wildman–Crippen LogP) is 6.90. The molecule has 23 heavy (non-hydrogen) atoms.